The van der Waals surface area contributed by atoms with Gasteiger partial charge >= 0.3 is 12.1 Å². The summed E-state index contributed by atoms with van der Waals surface area (Å²) in [6, 6.07) is 10.1. The van der Waals surface area contributed by atoms with Gasteiger partial charge in [-0.2, -0.15) is 0 Å². The number of nitrogens with zero attached hydrogens (tertiary/aromatic N) is 2. The summed E-state index contributed by atoms with van der Waals surface area (Å²) >= 11 is 0. The summed E-state index contributed by atoms with van der Waals surface area (Å²) in [6.45, 7) is 6.86. The standard InChI is InChI=1S/C24H30N2O4/c1-24(2,3)30-23(28)26-13-11-17(12-14-26)20(9-10-22(27)29-4)19-15-18-7-5-6-8-21(18)25-16-19/h5-9,15-17H,10-14H2,1-4H3/b20-9-. The molecule has 1 aromatic heterocycles. The molecule has 0 aliphatic carbocycles. The second-order valence-electron chi connectivity index (χ2n) is 8.60. The highest BCUT2D eigenvalue weighted by Gasteiger charge is 2.29. The number of aromatic nitrogens is 1. The number of hydrogen-bond donors (Lipinski definition) is 0. The van der Waals surface area contributed by atoms with Crippen LogP contribution in [0.25, 0.3) is 16.5 Å². The van der Waals surface area contributed by atoms with E-state index in [1.165, 1.54) is 7.11 Å². The number of ether oxygens (including phenoxy) is 2. The predicted molar refractivity (Wildman–Crippen MR) is 117 cm³/mol. The van der Waals surface area contributed by atoms with Gasteiger partial charge in [0.25, 0.3) is 0 Å². The van der Waals surface area contributed by atoms with E-state index in [9.17, 15) is 9.59 Å². The second kappa shape index (κ2) is 9.28. The highest BCUT2D eigenvalue weighted by atomic mass is 16.6. The van der Waals surface area contributed by atoms with Gasteiger partial charge < -0.3 is 14.4 Å². The molecule has 6 heteroatoms. The first kappa shape index (κ1) is 21.8. The molecule has 1 aromatic carbocycles. The lowest BCUT2D eigenvalue weighted by atomic mass is 9.84. The molecule has 1 amide bonds. The summed E-state index contributed by atoms with van der Waals surface area (Å²) in [5.41, 5.74) is 2.53. The SMILES string of the molecule is COC(=O)C/C=C(\c1cnc2ccccc2c1)C1CCN(C(=O)OC(C)(C)C)CC1. The Labute approximate surface area is 177 Å². The third-order valence-electron chi connectivity index (χ3n) is 5.23. The van der Waals surface area contributed by atoms with Gasteiger partial charge in [-0.05, 0) is 62.8 Å². The van der Waals surface area contributed by atoms with Crippen LogP contribution in [0.5, 0.6) is 0 Å². The average Bonchev–Trinajstić information content (AvgIpc) is 2.72. The van der Waals surface area contributed by atoms with Gasteiger partial charge in [0.15, 0.2) is 0 Å². The molecule has 30 heavy (non-hydrogen) atoms. The van der Waals surface area contributed by atoms with Crippen molar-refractivity contribution < 1.29 is 19.1 Å². The van der Waals surface area contributed by atoms with E-state index in [1.807, 2.05) is 57.3 Å². The first-order valence-corrected chi connectivity index (χ1v) is 10.4. The molecule has 6 nitrogen and oxygen atoms in total. The number of carbonyl (C=O) groups is 2. The van der Waals surface area contributed by atoms with Gasteiger partial charge in [0.05, 0.1) is 19.0 Å². The maximum Gasteiger partial charge on any atom is 0.410 e. The zero-order chi connectivity index (χ0) is 21.7. The summed E-state index contributed by atoms with van der Waals surface area (Å²) in [5.74, 6) is -0.0382. The summed E-state index contributed by atoms with van der Waals surface area (Å²) in [4.78, 5) is 30.5. The Bertz CT molecular complexity index is 938. The predicted octanol–water partition coefficient (Wildman–Crippen LogP) is 4.83. The lowest BCUT2D eigenvalue weighted by molar-refractivity contribution is -0.139. The van der Waals surface area contributed by atoms with Crippen LogP contribution in [0, 0.1) is 5.92 Å². The Morgan fingerprint density at radius 1 is 1.20 bits per heavy atom. The fourth-order valence-electron chi connectivity index (χ4n) is 3.73. The molecular formula is C24H30N2O4. The molecule has 0 atom stereocenters. The minimum absolute atomic E-state index is 0.213. The number of amides is 1. The smallest absolute Gasteiger partial charge is 0.410 e. The summed E-state index contributed by atoms with van der Waals surface area (Å²) in [6.07, 6.45) is 5.37. The van der Waals surface area contributed by atoms with Gasteiger partial charge in [0.1, 0.15) is 5.60 Å². The molecule has 0 spiro atoms. The number of fused-ring (bicyclic) bond motifs is 1. The topological polar surface area (TPSA) is 68.7 Å². The van der Waals surface area contributed by atoms with Crippen molar-refractivity contribution in [1.29, 1.82) is 0 Å². The quantitative estimate of drug-likeness (QED) is 0.676. The van der Waals surface area contributed by atoms with Crippen LogP contribution in [-0.2, 0) is 14.3 Å². The zero-order valence-electron chi connectivity index (χ0n) is 18.2. The highest BCUT2D eigenvalue weighted by molar-refractivity contribution is 5.84. The van der Waals surface area contributed by atoms with Crippen molar-refractivity contribution in [3.05, 3.63) is 48.2 Å². The van der Waals surface area contributed by atoms with Gasteiger partial charge in [-0.1, -0.05) is 24.3 Å². The molecule has 1 fully saturated rings. The molecule has 0 unspecified atom stereocenters. The Morgan fingerprint density at radius 2 is 1.90 bits per heavy atom. The number of rotatable bonds is 4. The fraction of sp³-hybridized carbons (Fsp3) is 0.458. The van der Waals surface area contributed by atoms with Crippen LogP contribution in [0.3, 0.4) is 0 Å². The van der Waals surface area contributed by atoms with Gasteiger partial charge in [0, 0.05) is 24.7 Å². The molecule has 2 aromatic rings. The van der Waals surface area contributed by atoms with Crippen molar-refractivity contribution >= 4 is 28.5 Å². The van der Waals surface area contributed by atoms with Crippen LogP contribution in [-0.4, -0.2) is 47.7 Å². The van der Waals surface area contributed by atoms with E-state index in [4.69, 9.17) is 9.47 Å². The third-order valence-corrected chi connectivity index (χ3v) is 5.23. The molecule has 0 radical (unpaired) electrons. The largest absolute Gasteiger partial charge is 0.469 e. The minimum Gasteiger partial charge on any atom is -0.469 e. The van der Waals surface area contributed by atoms with E-state index < -0.39 is 5.60 Å². The van der Waals surface area contributed by atoms with Crippen LogP contribution in [0.2, 0.25) is 0 Å². The number of piperidine rings is 1. The zero-order valence-corrected chi connectivity index (χ0v) is 18.2. The monoisotopic (exact) mass is 410 g/mol. The van der Waals surface area contributed by atoms with E-state index >= 15 is 0 Å². The molecule has 3 rings (SSSR count). The molecule has 0 N–H and O–H groups in total. The first-order valence-electron chi connectivity index (χ1n) is 10.4. The Hall–Kier alpha value is -2.89. The van der Waals surface area contributed by atoms with Crippen molar-refractivity contribution in [2.75, 3.05) is 20.2 Å². The van der Waals surface area contributed by atoms with Gasteiger partial charge in [-0.3, -0.25) is 9.78 Å². The first-order chi connectivity index (χ1) is 14.3. The Morgan fingerprint density at radius 3 is 2.57 bits per heavy atom. The maximum absolute atomic E-state index is 12.4. The normalized spacial score (nSPS) is 15.9. The van der Waals surface area contributed by atoms with E-state index in [-0.39, 0.29) is 24.4 Å². The van der Waals surface area contributed by atoms with Crippen molar-refractivity contribution in [2.24, 2.45) is 5.92 Å². The second-order valence-corrected chi connectivity index (χ2v) is 8.60. The van der Waals surface area contributed by atoms with Gasteiger partial charge in [-0.15, -0.1) is 0 Å². The number of esters is 1. The van der Waals surface area contributed by atoms with E-state index in [0.717, 1.165) is 34.9 Å². The molecule has 160 valence electrons. The molecule has 2 heterocycles. The molecule has 0 saturated carbocycles. The molecule has 1 aliphatic rings. The van der Waals surface area contributed by atoms with Crippen molar-refractivity contribution in [3.8, 4) is 0 Å². The van der Waals surface area contributed by atoms with E-state index in [0.29, 0.717) is 13.1 Å². The lowest BCUT2D eigenvalue weighted by Crippen LogP contribution is -2.41. The molecule has 1 aliphatic heterocycles. The number of likely N-dealkylation sites (tertiary alicyclic amines) is 1. The number of para-hydroxylation sites is 1. The molecule has 0 bridgehead atoms. The van der Waals surface area contributed by atoms with Crippen molar-refractivity contribution in [2.45, 2.75) is 45.6 Å². The van der Waals surface area contributed by atoms with Crippen LogP contribution >= 0.6 is 0 Å². The van der Waals surface area contributed by atoms with Crippen molar-refractivity contribution in [3.63, 3.8) is 0 Å². The van der Waals surface area contributed by atoms with Crippen LogP contribution in [0.4, 0.5) is 4.79 Å². The Balaban J connectivity index is 1.79. The van der Waals surface area contributed by atoms with E-state index in [2.05, 4.69) is 11.1 Å². The van der Waals surface area contributed by atoms with Crippen LogP contribution in [0.1, 0.15) is 45.6 Å². The van der Waals surface area contributed by atoms with Crippen LogP contribution < -0.4 is 0 Å². The number of allylic oxidation sites excluding steroid dienone is 1. The number of carbonyl (C=O) groups excluding carboxylic acids is 2. The minimum atomic E-state index is -0.504. The molecular weight excluding hydrogens is 380 g/mol. The van der Waals surface area contributed by atoms with Crippen LogP contribution in [0.15, 0.2) is 42.6 Å². The number of hydrogen-bond acceptors (Lipinski definition) is 5. The van der Waals surface area contributed by atoms with Crippen molar-refractivity contribution in [1.82, 2.24) is 9.88 Å². The summed E-state index contributed by atoms with van der Waals surface area (Å²) in [5, 5.41) is 1.06. The summed E-state index contributed by atoms with van der Waals surface area (Å²) in [7, 11) is 1.40. The van der Waals surface area contributed by atoms with Gasteiger partial charge in [0.2, 0.25) is 0 Å². The summed E-state index contributed by atoms with van der Waals surface area (Å²) < 4.78 is 10.3. The third kappa shape index (κ3) is 5.59. The number of pyridine rings is 1. The number of benzene rings is 1. The Kier molecular flexibility index (Phi) is 6.75. The fourth-order valence-corrected chi connectivity index (χ4v) is 3.73. The number of methoxy groups -OCH3 is 1. The molecule has 1 saturated heterocycles. The lowest BCUT2D eigenvalue weighted by Gasteiger charge is -2.34. The maximum atomic E-state index is 12.4. The highest BCUT2D eigenvalue weighted by Crippen LogP contribution is 2.33. The van der Waals surface area contributed by atoms with Gasteiger partial charge in [-0.25, -0.2) is 4.79 Å². The average molecular weight is 411 g/mol. The van der Waals surface area contributed by atoms with E-state index in [1.54, 1.807) is 4.90 Å².